The van der Waals surface area contributed by atoms with Crippen LogP contribution in [0.1, 0.15) is 42.9 Å². The zero-order chi connectivity index (χ0) is 13.9. The molecule has 1 atom stereocenters. The minimum atomic E-state index is -0.464. The lowest BCUT2D eigenvalue weighted by atomic mass is 9.79. The number of carbonyl (C=O) groups is 1. The Hall–Kier alpha value is -1.35. The summed E-state index contributed by atoms with van der Waals surface area (Å²) in [4.78, 5) is 11.5. The Morgan fingerprint density at radius 2 is 1.78 bits per heavy atom. The van der Waals surface area contributed by atoms with E-state index < -0.39 is 5.54 Å². The Bertz CT molecular complexity index is 412. The molecule has 1 unspecified atom stereocenters. The Balaban J connectivity index is 3.13. The molecule has 0 saturated heterocycles. The van der Waals surface area contributed by atoms with E-state index in [-0.39, 0.29) is 11.9 Å². The summed E-state index contributed by atoms with van der Waals surface area (Å²) in [5.74, 6) is -0.263. The van der Waals surface area contributed by atoms with Crippen molar-refractivity contribution < 1.29 is 9.53 Å². The summed E-state index contributed by atoms with van der Waals surface area (Å²) in [7, 11) is 1.41. The van der Waals surface area contributed by atoms with Crippen molar-refractivity contribution in [3.05, 3.63) is 34.9 Å². The van der Waals surface area contributed by atoms with Crippen LogP contribution in [0.15, 0.2) is 18.2 Å². The first kappa shape index (κ1) is 14.7. The van der Waals surface area contributed by atoms with Gasteiger partial charge in [0.2, 0.25) is 0 Å². The van der Waals surface area contributed by atoms with Crippen LogP contribution < -0.4 is 5.73 Å². The molecule has 1 aromatic rings. The Morgan fingerprint density at radius 3 is 2.17 bits per heavy atom. The molecule has 0 bridgehead atoms. The average Bonchev–Trinajstić information content (AvgIpc) is 2.22. The summed E-state index contributed by atoms with van der Waals surface area (Å²) < 4.78 is 4.76. The highest BCUT2D eigenvalue weighted by molar-refractivity contribution is 5.70. The zero-order valence-electron chi connectivity index (χ0n) is 11.9. The molecule has 0 heterocycles. The molecule has 1 rings (SSSR count). The summed E-state index contributed by atoms with van der Waals surface area (Å²) in [6, 6.07) is 6.30. The van der Waals surface area contributed by atoms with Gasteiger partial charge in [0.1, 0.15) is 0 Å². The number of hydrogen-bond acceptors (Lipinski definition) is 3. The second-order valence-electron chi connectivity index (χ2n) is 5.58. The molecule has 0 aliphatic heterocycles. The highest BCUT2D eigenvalue weighted by Gasteiger charge is 2.29. The van der Waals surface area contributed by atoms with Crippen molar-refractivity contribution in [3.8, 4) is 0 Å². The molecule has 0 saturated carbocycles. The van der Waals surface area contributed by atoms with Gasteiger partial charge in [-0.3, -0.25) is 4.79 Å². The summed E-state index contributed by atoms with van der Waals surface area (Å²) in [6.45, 7) is 7.99. The number of aryl methyl sites for hydroxylation is 2. The van der Waals surface area contributed by atoms with E-state index in [0.29, 0.717) is 6.42 Å². The van der Waals surface area contributed by atoms with E-state index in [9.17, 15) is 4.79 Å². The van der Waals surface area contributed by atoms with Crippen LogP contribution in [-0.4, -0.2) is 18.6 Å². The summed E-state index contributed by atoms with van der Waals surface area (Å²) in [5, 5.41) is 0. The molecule has 2 N–H and O–H groups in total. The fourth-order valence-corrected chi connectivity index (χ4v) is 2.27. The van der Waals surface area contributed by atoms with Crippen LogP contribution in [0.25, 0.3) is 0 Å². The van der Waals surface area contributed by atoms with E-state index >= 15 is 0 Å². The molecular formula is C15H23NO2. The third-order valence-corrected chi connectivity index (χ3v) is 3.14. The van der Waals surface area contributed by atoms with Crippen molar-refractivity contribution in [2.75, 3.05) is 7.11 Å². The van der Waals surface area contributed by atoms with Gasteiger partial charge in [-0.25, -0.2) is 0 Å². The number of benzene rings is 1. The maximum Gasteiger partial charge on any atom is 0.306 e. The predicted molar refractivity (Wildman–Crippen MR) is 73.6 cm³/mol. The molecule has 3 nitrogen and oxygen atoms in total. The van der Waals surface area contributed by atoms with Crippen molar-refractivity contribution in [1.82, 2.24) is 0 Å². The lowest BCUT2D eigenvalue weighted by Gasteiger charge is -2.30. The molecule has 0 aliphatic carbocycles. The SMILES string of the molecule is COC(=O)CC(c1cc(C)cc(C)c1)C(C)(C)N. The van der Waals surface area contributed by atoms with Crippen molar-refractivity contribution in [3.63, 3.8) is 0 Å². The van der Waals surface area contributed by atoms with E-state index in [1.807, 2.05) is 13.8 Å². The van der Waals surface area contributed by atoms with Gasteiger partial charge >= 0.3 is 5.97 Å². The molecule has 100 valence electrons. The summed E-state index contributed by atoms with van der Waals surface area (Å²) >= 11 is 0. The maximum atomic E-state index is 11.5. The van der Waals surface area contributed by atoms with E-state index in [1.165, 1.54) is 18.2 Å². The van der Waals surface area contributed by atoms with Gasteiger partial charge in [0, 0.05) is 11.5 Å². The van der Waals surface area contributed by atoms with Crippen LogP contribution in [0, 0.1) is 13.8 Å². The molecule has 0 amide bonds. The number of nitrogens with two attached hydrogens (primary N) is 1. The van der Waals surface area contributed by atoms with E-state index in [1.54, 1.807) is 0 Å². The standard InChI is InChI=1S/C15H23NO2/c1-10-6-11(2)8-12(7-10)13(15(3,4)16)9-14(17)18-5/h6-8,13H,9,16H2,1-5H3. The number of esters is 1. The van der Waals surface area contributed by atoms with Gasteiger partial charge in [-0.15, -0.1) is 0 Å². The third-order valence-electron chi connectivity index (χ3n) is 3.14. The average molecular weight is 249 g/mol. The Morgan fingerprint density at radius 1 is 1.28 bits per heavy atom. The van der Waals surface area contributed by atoms with Gasteiger partial charge in [0.25, 0.3) is 0 Å². The van der Waals surface area contributed by atoms with Gasteiger partial charge < -0.3 is 10.5 Å². The number of methoxy groups -OCH3 is 1. The second-order valence-corrected chi connectivity index (χ2v) is 5.58. The number of carbonyl (C=O) groups excluding carboxylic acids is 1. The quantitative estimate of drug-likeness (QED) is 0.835. The first-order valence-corrected chi connectivity index (χ1v) is 6.18. The van der Waals surface area contributed by atoms with Gasteiger partial charge in [0.05, 0.1) is 13.5 Å². The highest BCUT2D eigenvalue weighted by Crippen LogP contribution is 2.31. The topological polar surface area (TPSA) is 52.3 Å². The van der Waals surface area contributed by atoms with Crippen molar-refractivity contribution in [1.29, 1.82) is 0 Å². The zero-order valence-corrected chi connectivity index (χ0v) is 11.9. The fourth-order valence-electron chi connectivity index (χ4n) is 2.27. The first-order chi connectivity index (χ1) is 8.24. The molecule has 0 spiro atoms. The minimum absolute atomic E-state index is 0.0384. The van der Waals surface area contributed by atoms with Crippen LogP contribution >= 0.6 is 0 Å². The molecular weight excluding hydrogens is 226 g/mol. The molecule has 0 aliphatic rings. The van der Waals surface area contributed by atoms with Crippen LogP contribution in [0.4, 0.5) is 0 Å². The van der Waals surface area contributed by atoms with Gasteiger partial charge in [-0.05, 0) is 33.3 Å². The van der Waals surface area contributed by atoms with Crippen LogP contribution in [0.3, 0.4) is 0 Å². The lowest BCUT2D eigenvalue weighted by Crippen LogP contribution is -2.40. The molecule has 18 heavy (non-hydrogen) atoms. The van der Waals surface area contributed by atoms with Crippen LogP contribution in [-0.2, 0) is 9.53 Å². The van der Waals surface area contributed by atoms with Gasteiger partial charge in [0.15, 0.2) is 0 Å². The number of hydrogen-bond donors (Lipinski definition) is 1. The van der Waals surface area contributed by atoms with Crippen molar-refractivity contribution >= 4 is 5.97 Å². The fraction of sp³-hybridized carbons (Fsp3) is 0.533. The largest absolute Gasteiger partial charge is 0.469 e. The molecule has 0 aromatic heterocycles. The van der Waals surface area contributed by atoms with E-state index in [4.69, 9.17) is 10.5 Å². The first-order valence-electron chi connectivity index (χ1n) is 6.18. The van der Waals surface area contributed by atoms with Crippen molar-refractivity contribution in [2.24, 2.45) is 5.73 Å². The minimum Gasteiger partial charge on any atom is -0.469 e. The molecule has 3 heteroatoms. The lowest BCUT2D eigenvalue weighted by molar-refractivity contribution is -0.141. The third kappa shape index (κ3) is 3.84. The van der Waals surface area contributed by atoms with E-state index in [2.05, 4.69) is 32.0 Å². The summed E-state index contributed by atoms with van der Waals surface area (Å²) in [5.41, 5.74) is 9.21. The highest BCUT2D eigenvalue weighted by atomic mass is 16.5. The summed E-state index contributed by atoms with van der Waals surface area (Å²) in [6.07, 6.45) is 0.308. The van der Waals surface area contributed by atoms with Gasteiger partial charge in [-0.1, -0.05) is 29.3 Å². The Kier molecular flexibility index (Phi) is 4.52. The van der Waals surface area contributed by atoms with Crippen LogP contribution in [0.5, 0.6) is 0 Å². The molecule has 1 aromatic carbocycles. The number of rotatable bonds is 4. The second kappa shape index (κ2) is 5.53. The normalized spacial score (nSPS) is 13.2. The Labute approximate surface area is 109 Å². The molecule has 0 fully saturated rings. The predicted octanol–water partition coefficient (Wildman–Crippen LogP) is 2.69. The monoisotopic (exact) mass is 249 g/mol. The smallest absolute Gasteiger partial charge is 0.306 e. The molecule has 0 radical (unpaired) electrons. The maximum absolute atomic E-state index is 11.5. The number of ether oxygens (including phenoxy) is 1. The van der Waals surface area contributed by atoms with Gasteiger partial charge in [-0.2, -0.15) is 0 Å². The van der Waals surface area contributed by atoms with Crippen LogP contribution in [0.2, 0.25) is 0 Å². The van der Waals surface area contributed by atoms with E-state index in [0.717, 1.165) is 5.56 Å². The van der Waals surface area contributed by atoms with Crippen molar-refractivity contribution in [2.45, 2.75) is 45.6 Å².